The third-order valence-corrected chi connectivity index (χ3v) is 6.87. The standard InChI is InChI=1S/C25H23BrN2O5/c1-13-22(25(30)28-16-6-3-4-9-19(16)31-2)23(24-17(27-13)7-5-8-18(24)29)14-10-20-21(11-15(14)26)33-12-32-20/h3-4,6,9-11,23,27H,5,7-8,12H2,1-2H3,(H,28,30)/t23-/m0/s1. The van der Waals surface area contributed by atoms with E-state index in [9.17, 15) is 9.59 Å². The van der Waals surface area contributed by atoms with Gasteiger partial charge in [0.2, 0.25) is 6.79 Å². The summed E-state index contributed by atoms with van der Waals surface area (Å²) in [6.45, 7) is 2.01. The Labute approximate surface area is 199 Å². The molecular weight excluding hydrogens is 488 g/mol. The summed E-state index contributed by atoms with van der Waals surface area (Å²) in [6, 6.07) is 10.9. The number of carbonyl (C=O) groups is 2. The summed E-state index contributed by atoms with van der Waals surface area (Å²) >= 11 is 3.64. The topological polar surface area (TPSA) is 85.9 Å². The number of allylic oxidation sites excluding steroid dienone is 3. The smallest absolute Gasteiger partial charge is 0.254 e. The molecule has 8 heteroatoms. The van der Waals surface area contributed by atoms with Crippen LogP contribution in [0.2, 0.25) is 0 Å². The number of dihydropyridines is 1. The number of anilines is 1. The third kappa shape index (κ3) is 3.78. The summed E-state index contributed by atoms with van der Waals surface area (Å²) in [6.07, 6.45) is 2.01. The molecule has 2 heterocycles. The van der Waals surface area contributed by atoms with Crippen molar-refractivity contribution >= 4 is 33.3 Å². The fourth-order valence-corrected chi connectivity index (χ4v) is 5.24. The minimum absolute atomic E-state index is 0.0495. The van der Waals surface area contributed by atoms with E-state index in [1.54, 1.807) is 19.2 Å². The molecule has 2 aromatic rings. The van der Waals surface area contributed by atoms with Gasteiger partial charge in [-0.2, -0.15) is 0 Å². The second-order valence-electron chi connectivity index (χ2n) is 8.15. The van der Waals surface area contributed by atoms with E-state index in [4.69, 9.17) is 14.2 Å². The normalized spacial score (nSPS) is 19.2. The number of hydrogen-bond acceptors (Lipinski definition) is 6. The van der Waals surface area contributed by atoms with Gasteiger partial charge >= 0.3 is 0 Å². The first-order valence-electron chi connectivity index (χ1n) is 10.8. The van der Waals surface area contributed by atoms with Crippen LogP contribution in [0.4, 0.5) is 5.69 Å². The number of para-hydroxylation sites is 2. The van der Waals surface area contributed by atoms with Gasteiger partial charge in [0.1, 0.15) is 5.75 Å². The van der Waals surface area contributed by atoms with Gasteiger partial charge in [0.15, 0.2) is 17.3 Å². The Bertz CT molecular complexity index is 1230. The lowest BCUT2D eigenvalue weighted by Crippen LogP contribution is -2.35. The van der Waals surface area contributed by atoms with E-state index in [2.05, 4.69) is 26.6 Å². The van der Waals surface area contributed by atoms with Crippen molar-refractivity contribution in [1.82, 2.24) is 5.32 Å². The average molecular weight is 511 g/mol. The molecule has 0 saturated heterocycles. The molecular formula is C25H23BrN2O5. The number of Topliss-reactive ketones (excluding diaryl/α,β-unsaturated/α-hetero) is 1. The van der Waals surface area contributed by atoms with E-state index >= 15 is 0 Å². The summed E-state index contributed by atoms with van der Waals surface area (Å²) in [5.41, 5.74) is 4.06. The highest BCUT2D eigenvalue weighted by Crippen LogP contribution is 2.48. The van der Waals surface area contributed by atoms with Crippen LogP contribution in [-0.2, 0) is 9.59 Å². The lowest BCUT2D eigenvalue weighted by Gasteiger charge is -2.35. The van der Waals surface area contributed by atoms with Crippen LogP contribution in [0.5, 0.6) is 17.2 Å². The fraction of sp³-hybridized carbons (Fsp3) is 0.280. The van der Waals surface area contributed by atoms with E-state index in [-0.39, 0.29) is 18.5 Å². The van der Waals surface area contributed by atoms with E-state index < -0.39 is 5.92 Å². The summed E-state index contributed by atoms with van der Waals surface area (Å²) in [4.78, 5) is 26.8. The van der Waals surface area contributed by atoms with Crippen molar-refractivity contribution in [2.45, 2.75) is 32.1 Å². The van der Waals surface area contributed by atoms with Crippen LogP contribution in [0.25, 0.3) is 0 Å². The molecule has 2 aromatic carbocycles. The molecule has 170 valence electrons. The van der Waals surface area contributed by atoms with E-state index in [0.717, 1.165) is 28.6 Å². The molecule has 1 amide bonds. The third-order valence-electron chi connectivity index (χ3n) is 6.18. The summed E-state index contributed by atoms with van der Waals surface area (Å²) in [7, 11) is 1.56. The first kappa shape index (κ1) is 21.6. The highest BCUT2D eigenvalue weighted by atomic mass is 79.9. The molecule has 0 spiro atoms. The number of rotatable bonds is 4. The molecule has 2 aliphatic heterocycles. The first-order chi connectivity index (χ1) is 16.0. The molecule has 1 aliphatic carbocycles. The van der Waals surface area contributed by atoms with Gasteiger partial charge in [0.25, 0.3) is 5.91 Å². The number of methoxy groups -OCH3 is 1. The van der Waals surface area contributed by atoms with Gasteiger partial charge in [0.05, 0.1) is 12.8 Å². The predicted octanol–water partition coefficient (Wildman–Crippen LogP) is 4.79. The number of amides is 1. The molecule has 0 bridgehead atoms. The summed E-state index contributed by atoms with van der Waals surface area (Å²) < 4.78 is 17.2. The Morgan fingerprint density at radius 3 is 2.73 bits per heavy atom. The van der Waals surface area contributed by atoms with Crippen molar-refractivity contribution in [2.75, 3.05) is 19.2 Å². The van der Waals surface area contributed by atoms with E-state index in [1.807, 2.05) is 31.2 Å². The highest BCUT2D eigenvalue weighted by Gasteiger charge is 2.40. The van der Waals surface area contributed by atoms with Gasteiger partial charge in [-0.15, -0.1) is 0 Å². The van der Waals surface area contributed by atoms with E-state index in [0.29, 0.717) is 46.2 Å². The molecule has 5 rings (SSSR count). The minimum Gasteiger partial charge on any atom is -0.495 e. The molecule has 33 heavy (non-hydrogen) atoms. The van der Waals surface area contributed by atoms with Crippen molar-refractivity contribution < 1.29 is 23.8 Å². The van der Waals surface area contributed by atoms with Crippen LogP contribution in [0.15, 0.2) is 63.4 Å². The van der Waals surface area contributed by atoms with Crippen molar-refractivity contribution in [2.24, 2.45) is 0 Å². The molecule has 3 aliphatic rings. The van der Waals surface area contributed by atoms with Gasteiger partial charge in [-0.1, -0.05) is 28.1 Å². The zero-order chi connectivity index (χ0) is 23.1. The number of ketones is 1. The fourth-order valence-electron chi connectivity index (χ4n) is 4.69. The largest absolute Gasteiger partial charge is 0.495 e. The number of benzene rings is 2. The monoisotopic (exact) mass is 510 g/mol. The van der Waals surface area contributed by atoms with Gasteiger partial charge in [0, 0.05) is 39.4 Å². The van der Waals surface area contributed by atoms with Crippen LogP contribution < -0.4 is 24.8 Å². The Morgan fingerprint density at radius 1 is 1.18 bits per heavy atom. The lowest BCUT2D eigenvalue weighted by molar-refractivity contribution is -0.116. The molecule has 0 unspecified atom stereocenters. The van der Waals surface area contributed by atoms with Gasteiger partial charge in [-0.25, -0.2) is 0 Å². The average Bonchev–Trinajstić information content (AvgIpc) is 3.25. The predicted molar refractivity (Wildman–Crippen MR) is 126 cm³/mol. The Balaban J connectivity index is 1.63. The van der Waals surface area contributed by atoms with Gasteiger partial charge in [-0.05, 0) is 49.6 Å². The first-order valence-corrected chi connectivity index (χ1v) is 11.5. The number of hydrogen-bond donors (Lipinski definition) is 2. The van der Waals surface area contributed by atoms with Crippen molar-refractivity contribution in [3.63, 3.8) is 0 Å². The summed E-state index contributed by atoms with van der Waals surface area (Å²) in [5.74, 6) is 0.982. The van der Waals surface area contributed by atoms with Crippen LogP contribution in [0.3, 0.4) is 0 Å². The van der Waals surface area contributed by atoms with Crippen molar-refractivity contribution in [3.05, 3.63) is 69.0 Å². The maximum atomic E-state index is 13.7. The molecule has 0 radical (unpaired) electrons. The number of fused-ring (bicyclic) bond motifs is 1. The number of nitrogens with one attached hydrogen (secondary N) is 2. The Kier molecular flexibility index (Phi) is 5.62. The molecule has 0 fully saturated rings. The SMILES string of the molecule is COc1ccccc1NC(=O)C1=C(C)NC2=C(C(=O)CCC2)[C@H]1c1cc2c(cc1Br)OCO2. The van der Waals surface area contributed by atoms with Crippen molar-refractivity contribution in [3.8, 4) is 17.2 Å². The molecule has 2 N–H and O–H groups in total. The molecule has 7 nitrogen and oxygen atoms in total. The Hall–Kier alpha value is -3.26. The Morgan fingerprint density at radius 2 is 1.94 bits per heavy atom. The molecule has 0 aromatic heterocycles. The quantitative estimate of drug-likeness (QED) is 0.614. The maximum absolute atomic E-state index is 13.7. The number of ether oxygens (including phenoxy) is 3. The van der Waals surface area contributed by atoms with Gasteiger partial charge in [-0.3, -0.25) is 9.59 Å². The van der Waals surface area contributed by atoms with Crippen molar-refractivity contribution in [1.29, 1.82) is 0 Å². The highest BCUT2D eigenvalue weighted by molar-refractivity contribution is 9.10. The lowest BCUT2D eigenvalue weighted by atomic mass is 9.75. The maximum Gasteiger partial charge on any atom is 0.254 e. The molecule has 0 saturated carbocycles. The second-order valence-corrected chi connectivity index (χ2v) is 9.00. The molecule has 1 atom stereocenters. The summed E-state index contributed by atoms with van der Waals surface area (Å²) in [5, 5.41) is 6.32. The second kappa shape index (κ2) is 8.59. The van der Waals surface area contributed by atoms with Crippen LogP contribution in [0, 0.1) is 0 Å². The minimum atomic E-state index is -0.548. The number of halogens is 1. The zero-order valence-electron chi connectivity index (χ0n) is 18.3. The van der Waals surface area contributed by atoms with Crippen LogP contribution in [-0.4, -0.2) is 25.6 Å². The van der Waals surface area contributed by atoms with Gasteiger partial charge < -0.3 is 24.8 Å². The van der Waals surface area contributed by atoms with Crippen LogP contribution in [0.1, 0.15) is 37.7 Å². The van der Waals surface area contributed by atoms with Crippen LogP contribution >= 0.6 is 15.9 Å². The van der Waals surface area contributed by atoms with E-state index in [1.165, 1.54) is 0 Å². The number of carbonyl (C=O) groups excluding carboxylic acids is 2. The zero-order valence-corrected chi connectivity index (χ0v) is 19.9.